The number of nitrogens with one attached hydrogen (secondary N) is 2. The zero-order valence-electron chi connectivity index (χ0n) is 19.2. The molecule has 1 heterocycles. The minimum Gasteiger partial charge on any atom is -0.372 e. The van der Waals surface area contributed by atoms with Crippen molar-refractivity contribution < 1.29 is 9.59 Å². The van der Waals surface area contributed by atoms with Crippen LogP contribution in [0.15, 0.2) is 47.5 Å². The normalized spacial score (nSPS) is 26.1. The maximum Gasteiger partial charge on any atom is 0.233 e. The van der Waals surface area contributed by atoms with Gasteiger partial charge in [-0.05, 0) is 50.2 Å². The van der Waals surface area contributed by atoms with Crippen molar-refractivity contribution in [3.63, 3.8) is 0 Å². The van der Waals surface area contributed by atoms with Crippen LogP contribution >= 0.6 is 0 Å². The van der Waals surface area contributed by atoms with Crippen LogP contribution in [0.4, 0.5) is 5.69 Å². The highest BCUT2D eigenvalue weighted by atomic mass is 16.2. The number of nitrogens with zero attached hydrogens (tertiary/aromatic N) is 3. The highest BCUT2D eigenvalue weighted by molar-refractivity contribution is 6.06. The molecule has 172 valence electrons. The van der Waals surface area contributed by atoms with E-state index >= 15 is 0 Å². The quantitative estimate of drug-likeness (QED) is 0.193. The van der Waals surface area contributed by atoms with Crippen LogP contribution in [0.1, 0.15) is 26.2 Å². The van der Waals surface area contributed by atoms with Gasteiger partial charge in [-0.2, -0.15) is 0 Å². The number of aliphatic imine (C=N–C) groups is 1. The SMILES string of the molecule is CCN(CCCNC(=NC)NCCCN1C(=O)C2C3C=CC(C3)C2C1=O)c1ccccc1. The summed E-state index contributed by atoms with van der Waals surface area (Å²) in [6.45, 7) is 6.10. The lowest BCUT2D eigenvalue weighted by Gasteiger charge is -2.23. The number of anilines is 1. The molecule has 1 aliphatic heterocycles. The lowest BCUT2D eigenvalue weighted by Crippen LogP contribution is -2.40. The van der Waals surface area contributed by atoms with Crippen LogP contribution in [0.25, 0.3) is 0 Å². The first-order valence-electron chi connectivity index (χ1n) is 11.9. The molecule has 0 aromatic heterocycles. The van der Waals surface area contributed by atoms with Crippen molar-refractivity contribution in [2.45, 2.75) is 26.2 Å². The van der Waals surface area contributed by atoms with Crippen LogP contribution in [0.5, 0.6) is 0 Å². The van der Waals surface area contributed by atoms with Gasteiger partial charge >= 0.3 is 0 Å². The molecule has 4 rings (SSSR count). The van der Waals surface area contributed by atoms with Crippen LogP contribution in [0, 0.1) is 23.7 Å². The predicted octanol–water partition coefficient (Wildman–Crippen LogP) is 2.27. The summed E-state index contributed by atoms with van der Waals surface area (Å²) in [4.78, 5) is 33.6. The van der Waals surface area contributed by atoms with Crippen molar-refractivity contribution in [1.82, 2.24) is 15.5 Å². The van der Waals surface area contributed by atoms with E-state index in [9.17, 15) is 9.59 Å². The van der Waals surface area contributed by atoms with Gasteiger partial charge in [0, 0.05) is 45.5 Å². The van der Waals surface area contributed by atoms with Crippen LogP contribution in [0.3, 0.4) is 0 Å². The summed E-state index contributed by atoms with van der Waals surface area (Å²) in [5.74, 6) is 1.19. The molecule has 1 saturated heterocycles. The fourth-order valence-electron chi connectivity index (χ4n) is 5.43. The Bertz CT molecular complexity index is 838. The molecule has 4 atom stereocenters. The number of allylic oxidation sites excluding steroid dienone is 2. The minimum absolute atomic E-state index is 0.0400. The van der Waals surface area contributed by atoms with Gasteiger partial charge in [-0.1, -0.05) is 30.4 Å². The Hall–Kier alpha value is -2.83. The lowest BCUT2D eigenvalue weighted by molar-refractivity contribution is -0.140. The second-order valence-electron chi connectivity index (χ2n) is 8.88. The van der Waals surface area contributed by atoms with E-state index in [-0.39, 0.29) is 35.5 Å². The fourth-order valence-corrected chi connectivity index (χ4v) is 5.43. The number of guanidine groups is 1. The zero-order chi connectivity index (χ0) is 22.5. The van der Waals surface area contributed by atoms with Crippen LogP contribution in [-0.4, -0.2) is 62.4 Å². The molecule has 32 heavy (non-hydrogen) atoms. The third-order valence-corrected chi connectivity index (χ3v) is 7.04. The number of para-hydroxylation sites is 1. The standard InChI is InChI=1S/C25H35N5O2/c1-3-29(20-9-5-4-6-10-20)15-7-13-27-25(26-2)28-14-8-16-30-23(31)21-18-11-12-19(17-18)22(21)24(30)32/h4-6,9-12,18-19,21-22H,3,7-8,13-17H2,1-2H3,(H2,26,27,28). The molecule has 2 N–H and O–H groups in total. The van der Waals surface area contributed by atoms with Crippen LogP contribution in [-0.2, 0) is 9.59 Å². The molecule has 0 spiro atoms. The van der Waals surface area contributed by atoms with E-state index in [4.69, 9.17) is 0 Å². The summed E-state index contributed by atoms with van der Waals surface area (Å²) in [6, 6.07) is 10.5. The van der Waals surface area contributed by atoms with Gasteiger partial charge in [-0.3, -0.25) is 19.5 Å². The maximum atomic E-state index is 12.7. The molecule has 2 bridgehead atoms. The Kier molecular flexibility index (Phi) is 7.12. The second-order valence-corrected chi connectivity index (χ2v) is 8.88. The van der Waals surface area contributed by atoms with Gasteiger partial charge in [0.15, 0.2) is 5.96 Å². The lowest BCUT2D eigenvalue weighted by atomic mass is 9.85. The monoisotopic (exact) mass is 437 g/mol. The molecule has 2 fully saturated rings. The van der Waals surface area contributed by atoms with Gasteiger partial charge in [0.2, 0.25) is 11.8 Å². The Balaban J connectivity index is 1.14. The summed E-state index contributed by atoms with van der Waals surface area (Å²) in [5, 5.41) is 6.66. The molecule has 7 heteroatoms. The largest absolute Gasteiger partial charge is 0.372 e. The molecule has 2 aliphatic carbocycles. The van der Waals surface area contributed by atoms with E-state index in [2.05, 4.69) is 63.9 Å². The predicted molar refractivity (Wildman–Crippen MR) is 127 cm³/mol. The van der Waals surface area contributed by atoms with E-state index in [1.165, 1.54) is 10.6 Å². The summed E-state index contributed by atoms with van der Waals surface area (Å²) >= 11 is 0. The van der Waals surface area contributed by atoms with Crippen molar-refractivity contribution in [3.05, 3.63) is 42.5 Å². The number of carbonyl (C=O) groups excluding carboxylic acids is 2. The van der Waals surface area contributed by atoms with Gasteiger partial charge in [-0.25, -0.2) is 0 Å². The number of rotatable bonds is 10. The second kappa shape index (κ2) is 10.2. The zero-order valence-corrected chi connectivity index (χ0v) is 19.2. The molecule has 7 nitrogen and oxygen atoms in total. The topological polar surface area (TPSA) is 77.0 Å². The Morgan fingerprint density at radius 3 is 2.25 bits per heavy atom. The van der Waals surface area contributed by atoms with Crippen LogP contribution < -0.4 is 15.5 Å². The number of hydrogen-bond acceptors (Lipinski definition) is 4. The summed E-state index contributed by atoms with van der Waals surface area (Å²) in [5.41, 5.74) is 1.25. The molecule has 1 aromatic carbocycles. The molecule has 3 aliphatic rings. The third kappa shape index (κ3) is 4.52. The molecular weight excluding hydrogens is 402 g/mol. The van der Waals surface area contributed by atoms with E-state index in [0.29, 0.717) is 13.1 Å². The molecule has 1 aromatic rings. The number of hydrogen-bond donors (Lipinski definition) is 2. The smallest absolute Gasteiger partial charge is 0.233 e. The Morgan fingerprint density at radius 2 is 1.66 bits per heavy atom. The number of fused-ring (bicyclic) bond motifs is 5. The van der Waals surface area contributed by atoms with E-state index in [0.717, 1.165) is 44.9 Å². The third-order valence-electron chi connectivity index (χ3n) is 7.04. The molecule has 0 radical (unpaired) electrons. The molecular formula is C25H35N5O2. The number of benzene rings is 1. The summed E-state index contributed by atoms with van der Waals surface area (Å²) in [6.07, 6.45) is 6.97. The first-order valence-corrected chi connectivity index (χ1v) is 11.9. The number of amides is 2. The van der Waals surface area contributed by atoms with Crippen molar-refractivity contribution >= 4 is 23.5 Å². The van der Waals surface area contributed by atoms with E-state index in [1.807, 2.05) is 6.07 Å². The van der Waals surface area contributed by atoms with Gasteiger partial charge in [0.1, 0.15) is 0 Å². The van der Waals surface area contributed by atoms with Crippen molar-refractivity contribution in [3.8, 4) is 0 Å². The Morgan fingerprint density at radius 1 is 1.03 bits per heavy atom. The molecule has 1 saturated carbocycles. The highest BCUT2D eigenvalue weighted by Crippen LogP contribution is 2.52. The van der Waals surface area contributed by atoms with Crippen molar-refractivity contribution in [1.29, 1.82) is 0 Å². The van der Waals surface area contributed by atoms with Crippen LogP contribution in [0.2, 0.25) is 0 Å². The van der Waals surface area contributed by atoms with Crippen molar-refractivity contribution in [2.75, 3.05) is 44.7 Å². The first kappa shape index (κ1) is 22.4. The van der Waals surface area contributed by atoms with Gasteiger partial charge in [-0.15, -0.1) is 0 Å². The minimum atomic E-state index is -0.0986. The van der Waals surface area contributed by atoms with Gasteiger partial charge in [0.05, 0.1) is 11.8 Å². The molecule has 4 unspecified atom stereocenters. The highest BCUT2D eigenvalue weighted by Gasteiger charge is 2.58. The number of imide groups is 1. The average Bonchev–Trinajstić information content (AvgIpc) is 3.50. The average molecular weight is 438 g/mol. The fraction of sp³-hybridized carbons (Fsp3) is 0.560. The van der Waals surface area contributed by atoms with Gasteiger partial charge in [0.25, 0.3) is 0 Å². The maximum absolute atomic E-state index is 12.7. The summed E-state index contributed by atoms with van der Waals surface area (Å²) < 4.78 is 0. The number of carbonyl (C=O) groups is 2. The molecule has 2 amide bonds. The van der Waals surface area contributed by atoms with E-state index < -0.39 is 0 Å². The number of likely N-dealkylation sites (tertiary alicyclic amines) is 1. The first-order chi connectivity index (χ1) is 15.6. The van der Waals surface area contributed by atoms with Crippen molar-refractivity contribution in [2.24, 2.45) is 28.7 Å². The summed E-state index contributed by atoms with van der Waals surface area (Å²) in [7, 11) is 1.76. The Labute approximate surface area is 190 Å². The van der Waals surface area contributed by atoms with Gasteiger partial charge < -0.3 is 15.5 Å². The van der Waals surface area contributed by atoms with E-state index in [1.54, 1.807) is 7.05 Å².